The van der Waals surface area contributed by atoms with Gasteiger partial charge in [0.15, 0.2) is 0 Å². The number of carbonyl (C=O) groups is 2. The number of nitrogens with two attached hydrogens (primary N) is 1. The molecule has 0 heterocycles. The largest absolute Gasteiger partial charge is 0.373 e. The molecule has 0 aliphatic rings. The predicted octanol–water partition coefficient (Wildman–Crippen LogP) is -0.275. The SMILES string of the molecule is NOC(=O)CCSCC=O. The summed E-state index contributed by atoms with van der Waals surface area (Å²) in [6.07, 6.45) is 1.05. The molecule has 0 bridgehead atoms. The van der Waals surface area contributed by atoms with E-state index in [0.717, 1.165) is 6.29 Å². The maximum absolute atomic E-state index is 10.3. The van der Waals surface area contributed by atoms with E-state index in [-0.39, 0.29) is 6.42 Å². The molecule has 0 amide bonds. The molecule has 0 aromatic carbocycles. The lowest BCUT2D eigenvalue weighted by molar-refractivity contribution is -0.143. The van der Waals surface area contributed by atoms with E-state index in [0.29, 0.717) is 11.5 Å². The van der Waals surface area contributed by atoms with Gasteiger partial charge in [0, 0.05) is 11.5 Å². The Morgan fingerprint density at radius 3 is 2.90 bits per heavy atom. The molecule has 2 N–H and O–H groups in total. The summed E-state index contributed by atoms with van der Waals surface area (Å²) in [5, 5.41) is 0. The molecule has 0 saturated carbocycles. The van der Waals surface area contributed by atoms with Crippen molar-refractivity contribution in [1.29, 1.82) is 0 Å². The van der Waals surface area contributed by atoms with Crippen molar-refractivity contribution < 1.29 is 14.4 Å². The van der Waals surface area contributed by atoms with Gasteiger partial charge in [-0.1, -0.05) is 0 Å². The van der Waals surface area contributed by atoms with E-state index in [4.69, 9.17) is 0 Å². The number of aldehydes is 1. The molecule has 0 rings (SSSR count). The first-order chi connectivity index (χ1) is 4.81. The Kier molecular flexibility index (Phi) is 6.21. The molecule has 0 fully saturated rings. The van der Waals surface area contributed by atoms with Gasteiger partial charge in [-0.05, 0) is 0 Å². The minimum absolute atomic E-state index is 0.259. The summed E-state index contributed by atoms with van der Waals surface area (Å²) in [7, 11) is 0. The second-order valence-electron chi connectivity index (χ2n) is 1.48. The summed E-state index contributed by atoms with van der Waals surface area (Å²) in [6, 6.07) is 0. The zero-order valence-corrected chi connectivity index (χ0v) is 6.23. The quantitative estimate of drug-likeness (QED) is 0.343. The van der Waals surface area contributed by atoms with Crippen LogP contribution in [-0.2, 0) is 14.4 Å². The number of hydrogen-bond acceptors (Lipinski definition) is 5. The molecule has 0 unspecified atom stereocenters. The van der Waals surface area contributed by atoms with Crippen LogP contribution in [0.1, 0.15) is 6.42 Å². The standard InChI is InChI=1S/C5H9NO3S/c6-9-5(8)1-3-10-4-2-7/h2H,1,3-4,6H2. The zero-order chi connectivity index (χ0) is 7.82. The average Bonchev–Trinajstić information content (AvgIpc) is 1.98. The smallest absolute Gasteiger partial charge is 0.325 e. The van der Waals surface area contributed by atoms with E-state index in [2.05, 4.69) is 10.7 Å². The maximum atomic E-state index is 10.3. The highest BCUT2D eigenvalue weighted by atomic mass is 32.2. The number of hydrogen-bond donors (Lipinski definition) is 1. The molecule has 4 nitrogen and oxygen atoms in total. The average molecular weight is 163 g/mol. The second-order valence-corrected chi connectivity index (χ2v) is 2.63. The van der Waals surface area contributed by atoms with Gasteiger partial charge < -0.3 is 9.63 Å². The van der Waals surface area contributed by atoms with Crippen LogP contribution >= 0.6 is 11.8 Å². The van der Waals surface area contributed by atoms with Crippen LogP contribution in [0.25, 0.3) is 0 Å². The van der Waals surface area contributed by atoms with E-state index in [9.17, 15) is 9.59 Å². The van der Waals surface area contributed by atoms with Gasteiger partial charge in [0.25, 0.3) is 0 Å². The van der Waals surface area contributed by atoms with E-state index in [1.807, 2.05) is 0 Å². The van der Waals surface area contributed by atoms with Gasteiger partial charge in [0.1, 0.15) is 6.29 Å². The number of rotatable bonds is 5. The van der Waals surface area contributed by atoms with Gasteiger partial charge in [-0.25, -0.2) is 0 Å². The van der Waals surface area contributed by atoms with Crippen LogP contribution in [0.4, 0.5) is 0 Å². The summed E-state index contributed by atoms with van der Waals surface area (Å²) in [5.41, 5.74) is 0. The minimum Gasteiger partial charge on any atom is -0.373 e. The third-order valence-electron chi connectivity index (χ3n) is 0.768. The van der Waals surface area contributed by atoms with Crippen molar-refractivity contribution in [2.75, 3.05) is 11.5 Å². The lowest BCUT2D eigenvalue weighted by Crippen LogP contribution is -2.10. The normalized spacial score (nSPS) is 8.90. The fraction of sp³-hybridized carbons (Fsp3) is 0.600. The molecule has 0 aromatic heterocycles. The Morgan fingerprint density at radius 1 is 1.70 bits per heavy atom. The highest BCUT2D eigenvalue weighted by Gasteiger charge is 1.98. The van der Waals surface area contributed by atoms with Crippen LogP contribution in [0.15, 0.2) is 0 Å². The van der Waals surface area contributed by atoms with Crippen molar-refractivity contribution in [2.45, 2.75) is 6.42 Å². The highest BCUT2D eigenvalue weighted by molar-refractivity contribution is 7.99. The summed E-state index contributed by atoms with van der Waals surface area (Å²) >= 11 is 1.37. The molecule has 0 aromatic rings. The van der Waals surface area contributed by atoms with E-state index in [1.165, 1.54) is 11.8 Å². The summed E-state index contributed by atoms with van der Waals surface area (Å²) in [6.45, 7) is 0. The lowest BCUT2D eigenvalue weighted by Gasteiger charge is -1.94. The molecule has 0 saturated heterocycles. The molecular weight excluding hydrogens is 154 g/mol. The van der Waals surface area contributed by atoms with Crippen molar-refractivity contribution in [2.24, 2.45) is 5.90 Å². The first-order valence-corrected chi connectivity index (χ1v) is 3.87. The van der Waals surface area contributed by atoms with Crippen molar-refractivity contribution in [3.05, 3.63) is 0 Å². The van der Waals surface area contributed by atoms with Crippen LogP contribution in [0.3, 0.4) is 0 Å². The Balaban J connectivity index is 3.03. The Morgan fingerprint density at radius 2 is 2.40 bits per heavy atom. The van der Waals surface area contributed by atoms with Gasteiger partial charge in [-0.15, -0.1) is 0 Å². The summed E-state index contributed by atoms with van der Waals surface area (Å²) in [5.74, 6) is 5.11. The van der Waals surface area contributed by atoms with Crippen molar-refractivity contribution in [3.8, 4) is 0 Å². The molecule has 58 valence electrons. The third-order valence-corrected chi connectivity index (χ3v) is 1.63. The third kappa shape index (κ3) is 5.58. The predicted molar refractivity (Wildman–Crippen MR) is 38.3 cm³/mol. The monoisotopic (exact) mass is 163 g/mol. The van der Waals surface area contributed by atoms with Gasteiger partial charge in [-0.3, -0.25) is 4.79 Å². The van der Waals surface area contributed by atoms with Gasteiger partial charge in [-0.2, -0.15) is 17.7 Å². The molecule has 0 aliphatic heterocycles. The van der Waals surface area contributed by atoms with Gasteiger partial charge in [0.2, 0.25) is 0 Å². The Bertz CT molecular complexity index is 117. The second kappa shape index (κ2) is 6.57. The maximum Gasteiger partial charge on any atom is 0.325 e. The van der Waals surface area contributed by atoms with Crippen LogP contribution in [0.5, 0.6) is 0 Å². The van der Waals surface area contributed by atoms with Crippen molar-refractivity contribution >= 4 is 24.0 Å². The van der Waals surface area contributed by atoms with Crippen LogP contribution in [0, 0.1) is 0 Å². The molecule has 0 aliphatic carbocycles. The Hall–Kier alpha value is -0.550. The molecule has 5 heteroatoms. The molecular formula is C5H9NO3S. The van der Waals surface area contributed by atoms with Gasteiger partial charge in [0.05, 0.1) is 6.42 Å². The summed E-state index contributed by atoms with van der Waals surface area (Å²) < 4.78 is 0. The van der Waals surface area contributed by atoms with Crippen LogP contribution in [0.2, 0.25) is 0 Å². The number of carbonyl (C=O) groups excluding carboxylic acids is 2. The molecule has 0 spiro atoms. The fourth-order valence-electron chi connectivity index (χ4n) is 0.346. The van der Waals surface area contributed by atoms with Crippen molar-refractivity contribution in [1.82, 2.24) is 0 Å². The van der Waals surface area contributed by atoms with E-state index >= 15 is 0 Å². The minimum atomic E-state index is -0.446. The fourth-order valence-corrected chi connectivity index (χ4v) is 0.920. The van der Waals surface area contributed by atoms with E-state index < -0.39 is 5.97 Å². The Labute approximate surface area is 63.1 Å². The zero-order valence-electron chi connectivity index (χ0n) is 5.41. The lowest BCUT2D eigenvalue weighted by atomic mass is 10.5. The van der Waals surface area contributed by atoms with E-state index in [1.54, 1.807) is 0 Å². The summed E-state index contributed by atoms with van der Waals surface area (Å²) in [4.78, 5) is 24.0. The number of thioether (sulfide) groups is 1. The first-order valence-electron chi connectivity index (χ1n) is 2.72. The topological polar surface area (TPSA) is 69.4 Å². The van der Waals surface area contributed by atoms with Crippen LogP contribution < -0.4 is 5.90 Å². The van der Waals surface area contributed by atoms with Crippen molar-refractivity contribution in [3.63, 3.8) is 0 Å². The first kappa shape index (κ1) is 9.45. The van der Waals surface area contributed by atoms with Crippen LogP contribution in [-0.4, -0.2) is 23.8 Å². The highest BCUT2D eigenvalue weighted by Crippen LogP contribution is 1.99. The molecule has 0 atom stereocenters. The van der Waals surface area contributed by atoms with Gasteiger partial charge >= 0.3 is 5.97 Å². The molecule has 10 heavy (non-hydrogen) atoms. The molecule has 0 radical (unpaired) electrons.